The second kappa shape index (κ2) is 9.01. The van der Waals surface area contributed by atoms with Crippen LogP contribution in [0.3, 0.4) is 0 Å². The molecule has 3 aromatic rings. The number of para-hydroxylation sites is 1. The first kappa shape index (κ1) is 19.9. The Morgan fingerprint density at radius 3 is 2.33 bits per heavy atom. The van der Waals surface area contributed by atoms with E-state index in [1.807, 2.05) is 12.1 Å². The van der Waals surface area contributed by atoms with Crippen LogP contribution in [0.1, 0.15) is 18.5 Å². The van der Waals surface area contributed by atoms with Crippen LogP contribution in [-0.4, -0.2) is 60.2 Å². The molecule has 0 N–H and O–H groups in total. The standard InChI is InChI=1S/C25H31ClN4/c26-22-7-5-8-23(19-22)29-15-12-27(13-16-29)10-3-4-11-28-14-17-30-24(20-28)18-21-6-1-2-9-25(21)30/h1-2,5-9,18-19H,3-4,10-17,20H2. The van der Waals surface area contributed by atoms with Crippen LogP contribution >= 0.6 is 11.6 Å². The lowest BCUT2D eigenvalue weighted by Crippen LogP contribution is -2.46. The fraction of sp³-hybridized carbons (Fsp3) is 0.440. The molecule has 1 saturated heterocycles. The molecule has 0 radical (unpaired) electrons. The van der Waals surface area contributed by atoms with E-state index in [4.69, 9.17) is 11.6 Å². The van der Waals surface area contributed by atoms with Gasteiger partial charge in [0.1, 0.15) is 0 Å². The summed E-state index contributed by atoms with van der Waals surface area (Å²) < 4.78 is 2.51. The number of piperazine rings is 1. The highest BCUT2D eigenvalue weighted by atomic mass is 35.5. The fourth-order valence-corrected chi connectivity index (χ4v) is 5.16. The molecule has 158 valence electrons. The maximum absolute atomic E-state index is 6.15. The van der Waals surface area contributed by atoms with Crippen LogP contribution in [0.4, 0.5) is 5.69 Å². The van der Waals surface area contributed by atoms with Crippen molar-refractivity contribution >= 4 is 28.2 Å². The largest absolute Gasteiger partial charge is 0.369 e. The molecule has 4 nitrogen and oxygen atoms in total. The number of hydrogen-bond donors (Lipinski definition) is 0. The van der Waals surface area contributed by atoms with Crippen LogP contribution in [0.25, 0.3) is 10.9 Å². The quantitative estimate of drug-likeness (QED) is 0.534. The third-order valence-corrected chi connectivity index (χ3v) is 6.90. The molecular formula is C25H31ClN4. The van der Waals surface area contributed by atoms with Crippen molar-refractivity contribution in [3.05, 3.63) is 65.3 Å². The maximum Gasteiger partial charge on any atom is 0.0483 e. The summed E-state index contributed by atoms with van der Waals surface area (Å²) in [6.07, 6.45) is 2.57. The Morgan fingerprint density at radius 2 is 1.50 bits per heavy atom. The summed E-state index contributed by atoms with van der Waals surface area (Å²) in [6, 6.07) is 19.4. The number of benzene rings is 2. The zero-order valence-electron chi connectivity index (χ0n) is 17.6. The Hall–Kier alpha value is -2.01. The van der Waals surface area contributed by atoms with Gasteiger partial charge in [-0.1, -0.05) is 35.9 Å². The van der Waals surface area contributed by atoms with Crippen molar-refractivity contribution in [2.24, 2.45) is 0 Å². The van der Waals surface area contributed by atoms with E-state index in [2.05, 4.69) is 61.7 Å². The zero-order valence-corrected chi connectivity index (χ0v) is 18.4. The summed E-state index contributed by atoms with van der Waals surface area (Å²) >= 11 is 6.15. The number of unbranched alkanes of at least 4 members (excludes halogenated alkanes) is 1. The summed E-state index contributed by atoms with van der Waals surface area (Å²) in [4.78, 5) is 7.70. The molecule has 1 aromatic heterocycles. The lowest BCUT2D eigenvalue weighted by atomic mass is 10.2. The van der Waals surface area contributed by atoms with Crippen LogP contribution in [0.2, 0.25) is 5.02 Å². The van der Waals surface area contributed by atoms with Crippen molar-refractivity contribution in [3.63, 3.8) is 0 Å². The number of anilines is 1. The average molecular weight is 423 g/mol. The average Bonchev–Trinajstić information content (AvgIpc) is 3.15. The Kier molecular flexibility index (Phi) is 5.98. The van der Waals surface area contributed by atoms with Crippen molar-refractivity contribution in [2.45, 2.75) is 25.9 Å². The Balaban J connectivity index is 1.04. The van der Waals surface area contributed by atoms with Gasteiger partial charge in [-0.3, -0.25) is 9.80 Å². The van der Waals surface area contributed by atoms with Crippen molar-refractivity contribution in [1.82, 2.24) is 14.4 Å². The molecule has 5 rings (SSSR count). The predicted molar refractivity (Wildman–Crippen MR) is 127 cm³/mol. The summed E-state index contributed by atoms with van der Waals surface area (Å²) in [6.45, 7) is 10.3. The highest BCUT2D eigenvalue weighted by molar-refractivity contribution is 6.30. The molecule has 1 fully saturated rings. The van der Waals surface area contributed by atoms with Gasteiger partial charge in [-0.05, 0) is 61.6 Å². The molecule has 0 spiro atoms. The van der Waals surface area contributed by atoms with Gasteiger partial charge in [-0.15, -0.1) is 0 Å². The normalized spacial score (nSPS) is 18.1. The van der Waals surface area contributed by atoms with Crippen molar-refractivity contribution in [1.29, 1.82) is 0 Å². The van der Waals surface area contributed by atoms with Gasteiger partial charge in [0.05, 0.1) is 0 Å². The summed E-state index contributed by atoms with van der Waals surface area (Å²) in [5, 5.41) is 2.21. The van der Waals surface area contributed by atoms with E-state index in [-0.39, 0.29) is 0 Å². The monoisotopic (exact) mass is 422 g/mol. The molecule has 3 heterocycles. The third-order valence-electron chi connectivity index (χ3n) is 6.67. The molecule has 0 atom stereocenters. The number of nitrogens with zero attached hydrogens (tertiary/aromatic N) is 4. The Morgan fingerprint density at radius 1 is 0.733 bits per heavy atom. The van der Waals surface area contributed by atoms with Crippen molar-refractivity contribution in [2.75, 3.05) is 50.7 Å². The number of aromatic nitrogens is 1. The molecule has 0 saturated carbocycles. The summed E-state index contributed by atoms with van der Waals surface area (Å²) in [5.74, 6) is 0. The van der Waals surface area contributed by atoms with Crippen LogP contribution in [0.5, 0.6) is 0 Å². The molecule has 0 bridgehead atoms. The second-order valence-corrected chi connectivity index (χ2v) is 9.07. The highest BCUT2D eigenvalue weighted by Gasteiger charge is 2.19. The first-order chi connectivity index (χ1) is 14.8. The first-order valence-corrected chi connectivity index (χ1v) is 11.7. The minimum Gasteiger partial charge on any atom is -0.369 e. The van der Waals surface area contributed by atoms with E-state index in [9.17, 15) is 0 Å². The summed E-state index contributed by atoms with van der Waals surface area (Å²) in [7, 11) is 0. The smallest absolute Gasteiger partial charge is 0.0483 e. The van der Waals surface area contributed by atoms with Gasteiger partial charge in [0, 0.05) is 67.7 Å². The van der Waals surface area contributed by atoms with Crippen LogP contribution in [0, 0.1) is 0 Å². The SMILES string of the molecule is Clc1cccc(N2CCN(CCCCN3CCn4c(cc5ccccc54)C3)CC2)c1. The molecule has 0 aliphatic carbocycles. The lowest BCUT2D eigenvalue weighted by Gasteiger charge is -2.36. The molecule has 5 heteroatoms. The molecule has 0 amide bonds. The molecule has 2 aromatic carbocycles. The van der Waals surface area contributed by atoms with Gasteiger partial charge in [0.2, 0.25) is 0 Å². The van der Waals surface area contributed by atoms with Crippen molar-refractivity contribution in [3.8, 4) is 0 Å². The van der Waals surface area contributed by atoms with E-state index >= 15 is 0 Å². The van der Waals surface area contributed by atoms with E-state index in [0.29, 0.717) is 0 Å². The van der Waals surface area contributed by atoms with Crippen molar-refractivity contribution < 1.29 is 0 Å². The Labute approximate surface area is 184 Å². The zero-order chi connectivity index (χ0) is 20.3. The van der Waals surface area contributed by atoms with E-state index in [1.165, 1.54) is 54.8 Å². The molecule has 30 heavy (non-hydrogen) atoms. The van der Waals surface area contributed by atoms with Gasteiger partial charge in [-0.25, -0.2) is 0 Å². The van der Waals surface area contributed by atoms with Gasteiger partial charge in [0.15, 0.2) is 0 Å². The topological polar surface area (TPSA) is 14.7 Å². The molecule has 2 aliphatic heterocycles. The highest BCUT2D eigenvalue weighted by Crippen LogP contribution is 2.24. The maximum atomic E-state index is 6.15. The second-order valence-electron chi connectivity index (χ2n) is 8.64. The lowest BCUT2D eigenvalue weighted by molar-refractivity contribution is 0.207. The van der Waals surface area contributed by atoms with Crippen LogP contribution in [-0.2, 0) is 13.1 Å². The van der Waals surface area contributed by atoms with E-state index < -0.39 is 0 Å². The molecule has 0 unspecified atom stereocenters. The summed E-state index contributed by atoms with van der Waals surface area (Å²) in [5.41, 5.74) is 4.12. The van der Waals surface area contributed by atoms with Gasteiger partial charge >= 0.3 is 0 Å². The number of halogens is 1. The number of rotatable bonds is 6. The minimum atomic E-state index is 0.827. The van der Waals surface area contributed by atoms with Gasteiger partial charge < -0.3 is 9.47 Å². The van der Waals surface area contributed by atoms with E-state index in [1.54, 1.807) is 0 Å². The minimum absolute atomic E-state index is 0.827. The predicted octanol–water partition coefficient (Wildman–Crippen LogP) is 4.71. The molecule has 2 aliphatic rings. The Bertz CT molecular complexity index is 990. The third kappa shape index (κ3) is 4.36. The fourth-order valence-electron chi connectivity index (χ4n) is 4.98. The van der Waals surface area contributed by atoms with E-state index in [0.717, 1.165) is 44.3 Å². The van der Waals surface area contributed by atoms with Crippen LogP contribution < -0.4 is 4.90 Å². The molecular weight excluding hydrogens is 392 g/mol. The first-order valence-electron chi connectivity index (χ1n) is 11.3. The number of fused-ring (bicyclic) bond motifs is 3. The van der Waals surface area contributed by atoms with Crippen LogP contribution in [0.15, 0.2) is 54.6 Å². The number of hydrogen-bond acceptors (Lipinski definition) is 3. The van der Waals surface area contributed by atoms with Gasteiger partial charge in [-0.2, -0.15) is 0 Å². The van der Waals surface area contributed by atoms with Gasteiger partial charge in [0.25, 0.3) is 0 Å².